The van der Waals surface area contributed by atoms with Gasteiger partial charge in [-0.3, -0.25) is 9.36 Å². The Kier molecular flexibility index (Phi) is 6.53. The van der Waals surface area contributed by atoms with Gasteiger partial charge in [0, 0.05) is 6.42 Å². The van der Waals surface area contributed by atoms with E-state index in [1.165, 1.54) is 11.1 Å². The standard InChI is InChI=1S/C24H27N3O2S/c1-17-12-14-20(15-13-17)29-16-23-25-26-24(30-22-11-7-6-10-21(22)28)27(23)18(2)19-8-4-3-5-9-19/h3-5,8-9,12-15,18,22H,6-7,10-11,16H2,1-2H3. The Morgan fingerprint density at radius 3 is 2.60 bits per heavy atom. The molecule has 156 valence electrons. The smallest absolute Gasteiger partial charge is 0.192 e. The number of aromatic nitrogens is 3. The zero-order chi connectivity index (χ0) is 20.9. The van der Waals surface area contributed by atoms with Crippen LogP contribution in [0.4, 0.5) is 0 Å². The van der Waals surface area contributed by atoms with Gasteiger partial charge in [0.05, 0.1) is 11.3 Å². The van der Waals surface area contributed by atoms with Crippen LogP contribution in [-0.2, 0) is 11.4 Å². The van der Waals surface area contributed by atoms with Crippen LogP contribution in [0.1, 0.15) is 55.6 Å². The van der Waals surface area contributed by atoms with Gasteiger partial charge in [0.2, 0.25) is 0 Å². The van der Waals surface area contributed by atoms with E-state index in [1.807, 2.05) is 42.5 Å². The van der Waals surface area contributed by atoms with E-state index >= 15 is 0 Å². The highest BCUT2D eigenvalue weighted by Crippen LogP contribution is 2.34. The maximum atomic E-state index is 12.4. The molecule has 2 atom stereocenters. The lowest BCUT2D eigenvalue weighted by Gasteiger charge is -2.22. The van der Waals surface area contributed by atoms with Crippen LogP contribution in [0.5, 0.6) is 5.75 Å². The summed E-state index contributed by atoms with van der Waals surface area (Å²) < 4.78 is 8.12. The van der Waals surface area contributed by atoms with Crippen molar-refractivity contribution in [3.63, 3.8) is 0 Å². The second-order valence-electron chi connectivity index (χ2n) is 7.78. The van der Waals surface area contributed by atoms with Crippen molar-refractivity contribution in [2.75, 3.05) is 0 Å². The van der Waals surface area contributed by atoms with Gasteiger partial charge in [0.25, 0.3) is 0 Å². The molecule has 1 saturated carbocycles. The van der Waals surface area contributed by atoms with Crippen LogP contribution in [0, 0.1) is 6.92 Å². The minimum atomic E-state index is -0.0319. The van der Waals surface area contributed by atoms with Gasteiger partial charge < -0.3 is 4.74 Å². The van der Waals surface area contributed by atoms with E-state index in [-0.39, 0.29) is 11.3 Å². The summed E-state index contributed by atoms with van der Waals surface area (Å²) in [7, 11) is 0. The number of thioether (sulfide) groups is 1. The maximum Gasteiger partial charge on any atom is 0.192 e. The fourth-order valence-corrected chi connectivity index (χ4v) is 4.99. The molecule has 0 aliphatic heterocycles. The average molecular weight is 422 g/mol. The number of aryl methyl sites for hydroxylation is 1. The monoisotopic (exact) mass is 421 g/mol. The predicted molar refractivity (Wildman–Crippen MR) is 119 cm³/mol. The Morgan fingerprint density at radius 1 is 1.10 bits per heavy atom. The summed E-state index contributed by atoms with van der Waals surface area (Å²) in [4.78, 5) is 12.4. The number of ketones is 1. The Hall–Kier alpha value is -2.60. The number of benzene rings is 2. The van der Waals surface area contributed by atoms with Crippen molar-refractivity contribution >= 4 is 17.5 Å². The molecule has 0 N–H and O–H groups in total. The topological polar surface area (TPSA) is 57.0 Å². The third kappa shape index (κ3) is 4.75. The molecule has 2 aromatic carbocycles. The molecule has 4 rings (SSSR count). The number of carbonyl (C=O) groups is 1. The van der Waals surface area contributed by atoms with Crippen molar-refractivity contribution in [3.05, 3.63) is 71.5 Å². The molecule has 1 aromatic heterocycles. The van der Waals surface area contributed by atoms with E-state index < -0.39 is 0 Å². The molecule has 1 fully saturated rings. The second-order valence-corrected chi connectivity index (χ2v) is 8.95. The molecule has 30 heavy (non-hydrogen) atoms. The number of rotatable bonds is 7. The fraction of sp³-hybridized carbons (Fsp3) is 0.375. The predicted octanol–water partition coefficient (Wildman–Crippen LogP) is 5.38. The molecule has 3 aromatic rings. The van der Waals surface area contributed by atoms with Gasteiger partial charge in [0.15, 0.2) is 11.0 Å². The highest BCUT2D eigenvalue weighted by Gasteiger charge is 2.28. The highest BCUT2D eigenvalue weighted by atomic mass is 32.2. The van der Waals surface area contributed by atoms with Gasteiger partial charge in [0.1, 0.15) is 18.1 Å². The minimum Gasteiger partial charge on any atom is -0.486 e. The first kappa shape index (κ1) is 20.7. The summed E-state index contributed by atoms with van der Waals surface area (Å²) in [5.41, 5.74) is 2.37. The number of nitrogens with zero attached hydrogens (tertiary/aromatic N) is 3. The first-order valence-corrected chi connectivity index (χ1v) is 11.4. The zero-order valence-corrected chi connectivity index (χ0v) is 18.3. The van der Waals surface area contributed by atoms with E-state index in [4.69, 9.17) is 4.74 Å². The van der Waals surface area contributed by atoms with E-state index in [0.29, 0.717) is 18.8 Å². The summed E-state index contributed by atoms with van der Waals surface area (Å²) in [5.74, 6) is 1.89. The van der Waals surface area contributed by atoms with Crippen LogP contribution in [0.25, 0.3) is 0 Å². The summed E-state index contributed by atoms with van der Waals surface area (Å²) >= 11 is 1.55. The highest BCUT2D eigenvalue weighted by molar-refractivity contribution is 8.00. The van der Waals surface area contributed by atoms with E-state index in [1.54, 1.807) is 11.8 Å². The molecule has 6 heteroatoms. The van der Waals surface area contributed by atoms with Crippen molar-refractivity contribution in [1.29, 1.82) is 0 Å². The third-order valence-corrected chi connectivity index (χ3v) is 6.81. The van der Waals surface area contributed by atoms with Crippen LogP contribution in [0.15, 0.2) is 59.8 Å². The number of carbonyl (C=O) groups excluding carboxylic acids is 1. The van der Waals surface area contributed by atoms with Gasteiger partial charge in [-0.15, -0.1) is 10.2 Å². The van der Waals surface area contributed by atoms with E-state index in [2.05, 4.69) is 40.7 Å². The number of hydrogen-bond donors (Lipinski definition) is 0. The zero-order valence-electron chi connectivity index (χ0n) is 17.5. The second kappa shape index (κ2) is 9.47. The van der Waals surface area contributed by atoms with Gasteiger partial charge >= 0.3 is 0 Å². The molecule has 5 nitrogen and oxygen atoms in total. The van der Waals surface area contributed by atoms with Crippen LogP contribution < -0.4 is 4.74 Å². The Balaban J connectivity index is 1.60. The summed E-state index contributed by atoms with van der Waals surface area (Å²) in [6.45, 7) is 4.52. The summed E-state index contributed by atoms with van der Waals surface area (Å²) in [6, 6.07) is 18.3. The quantitative estimate of drug-likeness (QED) is 0.513. The molecule has 0 spiro atoms. The molecular formula is C24H27N3O2S. The van der Waals surface area contributed by atoms with E-state index in [0.717, 1.165) is 36.0 Å². The lowest BCUT2D eigenvalue weighted by Crippen LogP contribution is -2.22. The maximum absolute atomic E-state index is 12.4. The molecule has 0 radical (unpaired) electrons. The van der Waals surface area contributed by atoms with Gasteiger partial charge in [-0.1, -0.05) is 66.2 Å². The number of Topliss-reactive ketones (excluding diaryl/α,β-unsaturated/α-hetero) is 1. The van der Waals surface area contributed by atoms with Gasteiger partial charge in [-0.05, 0) is 44.4 Å². The van der Waals surface area contributed by atoms with Crippen LogP contribution >= 0.6 is 11.8 Å². The Labute approximate surface area is 181 Å². The van der Waals surface area contributed by atoms with Crippen molar-refractivity contribution in [2.45, 2.75) is 62.6 Å². The van der Waals surface area contributed by atoms with Gasteiger partial charge in [-0.25, -0.2) is 0 Å². The fourth-order valence-electron chi connectivity index (χ4n) is 3.74. The number of hydrogen-bond acceptors (Lipinski definition) is 5. The third-order valence-electron chi connectivity index (χ3n) is 5.54. The largest absolute Gasteiger partial charge is 0.486 e. The molecule has 1 heterocycles. The molecule has 0 bridgehead atoms. The molecular weight excluding hydrogens is 394 g/mol. The van der Waals surface area contributed by atoms with Crippen LogP contribution in [0.3, 0.4) is 0 Å². The van der Waals surface area contributed by atoms with E-state index in [9.17, 15) is 4.79 Å². The molecule has 0 saturated heterocycles. The van der Waals surface area contributed by atoms with Crippen molar-refractivity contribution in [3.8, 4) is 5.75 Å². The van der Waals surface area contributed by atoms with Crippen LogP contribution in [0.2, 0.25) is 0 Å². The van der Waals surface area contributed by atoms with Crippen molar-refractivity contribution in [2.24, 2.45) is 0 Å². The summed E-state index contributed by atoms with van der Waals surface area (Å²) in [6.07, 6.45) is 3.67. The molecule has 1 aliphatic carbocycles. The molecule has 0 amide bonds. The van der Waals surface area contributed by atoms with Crippen molar-refractivity contribution in [1.82, 2.24) is 14.8 Å². The van der Waals surface area contributed by atoms with Gasteiger partial charge in [-0.2, -0.15) is 0 Å². The molecule has 1 aliphatic rings. The molecule has 2 unspecified atom stereocenters. The van der Waals surface area contributed by atoms with Crippen molar-refractivity contribution < 1.29 is 9.53 Å². The lowest BCUT2D eigenvalue weighted by atomic mass is 9.99. The first-order valence-electron chi connectivity index (χ1n) is 10.5. The first-order chi connectivity index (χ1) is 14.6. The SMILES string of the molecule is Cc1ccc(OCc2nnc(SC3CCCCC3=O)n2C(C)c2ccccc2)cc1. The Bertz CT molecular complexity index is 985. The average Bonchev–Trinajstić information content (AvgIpc) is 3.17. The van der Waals surface area contributed by atoms with Crippen LogP contribution in [-0.4, -0.2) is 25.8 Å². The lowest BCUT2D eigenvalue weighted by molar-refractivity contribution is -0.119. The minimum absolute atomic E-state index is 0.0319. The normalized spacial score (nSPS) is 17.7. The number of ether oxygens (including phenoxy) is 1. The Morgan fingerprint density at radius 2 is 1.87 bits per heavy atom. The summed E-state index contributed by atoms with van der Waals surface area (Å²) in [5, 5.41) is 9.66.